The molecule has 1 aromatic rings. The van der Waals surface area contributed by atoms with Gasteiger partial charge in [0.2, 0.25) is 0 Å². The van der Waals surface area contributed by atoms with E-state index in [1.54, 1.807) is 25.1 Å². The Hall–Kier alpha value is -2.09. The number of rotatable bonds is 2. The summed E-state index contributed by atoms with van der Waals surface area (Å²) < 4.78 is 49.3. The molecule has 0 unspecified atom stereocenters. The van der Waals surface area contributed by atoms with Crippen LogP contribution >= 0.6 is 0 Å². The first-order valence-electron chi connectivity index (χ1n) is 8.51. The van der Waals surface area contributed by atoms with Gasteiger partial charge in [-0.05, 0) is 43.0 Å². The minimum absolute atomic E-state index is 0.000453. The minimum atomic E-state index is -4.93. The largest absolute Gasteiger partial charge is 0.471 e. The van der Waals surface area contributed by atoms with Crippen LogP contribution in [-0.2, 0) is 26.2 Å². The second-order valence-corrected chi connectivity index (χ2v) is 6.64. The highest BCUT2D eigenvalue weighted by Crippen LogP contribution is 2.42. The van der Waals surface area contributed by atoms with Crippen LogP contribution in [0.5, 0.6) is 0 Å². The van der Waals surface area contributed by atoms with E-state index in [1.165, 1.54) is 0 Å². The number of nitrogens with zero attached hydrogens (tertiary/aromatic N) is 1. The smallest absolute Gasteiger partial charge is 0.462 e. The molecule has 0 radical (unpaired) electrons. The SMILES string of the molecule is CCOC(=O)c1ccc2c(c1)CN(C(=O)C(F)(F)F)CC21CCOCC1. The topological polar surface area (TPSA) is 55.8 Å². The molecule has 2 aliphatic rings. The lowest BCUT2D eigenvalue weighted by Gasteiger charge is -2.46. The quantitative estimate of drug-likeness (QED) is 0.751. The van der Waals surface area contributed by atoms with Crippen LogP contribution < -0.4 is 0 Å². The third-order valence-electron chi connectivity index (χ3n) is 5.02. The summed E-state index contributed by atoms with van der Waals surface area (Å²) in [7, 11) is 0. The van der Waals surface area contributed by atoms with Crippen molar-refractivity contribution in [2.45, 2.75) is 37.9 Å². The lowest BCUT2D eigenvalue weighted by molar-refractivity contribution is -0.188. The van der Waals surface area contributed by atoms with Gasteiger partial charge in [0.1, 0.15) is 0 Å². The Morgan fingerprint density at radius 2 is 1.96 bits per heavy atom. The van der Waals surface area contributed by atoms with Gasteiger partial charge in [-0.1, -0.05) is 6.07 Å². The van der Waals surface area contributed by atoms with Gasteiger partial charge in [0.15, 0.2) is 0 Å². The molecule has 0 bridgehead atoms. The molecule has 8 heteroatoms. The van der Waals surface area contributed by atoms with Crippen LogP contribution in [0.4, 0.5) is 13.2 Å². The van der Waals surface area contributed by atoms with Gasteiger partial charge in [-0.2, -0.15) is 13.2 Å². The van der Waals surface area contributed by atoms with Crippen molar-refractivity contribution < 1.29 is 32.2 Å². The van der Waals surface area contributed by atoms with Gasteiger partial charge < -0.3 is 14.4 Å². The fraction of sp³-hybridized carbons (Fsp3) is 0.556. The Balaban J connectivity index is 2.01. The number of ether oxygens (including phenoxy) is 2. The maximum atomic E-state index is 13.0. The van der Waals surface area contributed by atoms with E-state index in [0.29, 0.717) is 31.6 Å². The average molecular weight is 371 g/mol. The number of hydrogen-bond donors (Lipinski definition) is 0. The number of carbonyl (C=O) groups is 2. The van der Waals surface area contributed by atoms with E-state index in [0.717, 1.165) is 10.5 Å². The number of fused-ring (bicyclic) bond motifs is 2. The van der Waals surface area contributed by atoms with Crippen LogP contribution in [0.3, 0.4) is 0 Å². The zero-order valence-electron chi connectivity index (χ0n) is 14.4. The van der Waals surface area contributed by atoms with Crippen molar-refractivity contribution in [2.75, 3.05) is 26.4 Å². The Morgan fingerprint density at radius 3 is 2.58 bits per heavy atom. The number of halogens is 3. The molecule has 0 N–H and O–H groups in total. The molecular formula is C18H20F3NO4. The van der Waals surface area contributed by atoms with Crippen molar-refractivity contribution in [2.24, 2.45) is 0 Å². The predicted molar refractivity (Wildman–Crippen MR) is 85.6 cm³/mol. The molecular weight excluding hydrogens is 351 g/mol. The number of hydrogen-bond acceptors (Lipinski definition) is 4. The highest BCUT2D eigenvalue weighted by Gasteiger charge is 2.48. The summed E-state index contributed by atoms with van der Waals surface area (Å²) in [5, 5.41) is 0. The average Bonchev–Trinajstić information content (AvgIpc) is 2.60. The van der Waals surface area contributed by atoms with Gasteiger partial charge in [0.25, 0.3) is 0 Å². The third kappa shape index (κ3) is 3.42. The van der Waals surface area contributed by atoms with Gasteiger partial charge in [0, 0.05) is 31.7 Å². The van der Waals surface area contributed by atoms with E-state index in [-0.39, 0.29) is 25.3 Å². The van der Waals surface area contributed by atoms with E-state index in [4.69, 9.17) is 9.47 Å². The third-order valence-corrected chi connectivity index (χ3v) is 5.02. The molecule has 26 heavy (non-hydrogen) atoms. The van der Waals surface area contributed by atoms with Gasteiger partial charge >= 0.3 is 18.1 Å². The standard InChI is InChI=1S/C18H20F3NO4/c1-2-26-15(23)12-3-4-14-13(9-12)10-22(16(24)18(19,20)21)11-17(14)5-7-25-8-6-17/h3-4,9H,2,5-8,10-11H2,1H3. The molecule has 3 rings (SSSR count). The Kier molecular flexibility index (Phi) is 4.96. The van der Waals surface area contributed by atoms with E-state index in [2.05, 4.69) is 0 Å². The highest BCUT2D eigenvalue weighted by molar-refractivity contribution is 5.90. The number of alkyl halides is 3. The summed E-state index contributed by atoms with van der Waals surface area (Å²) in [5.41, 5.74) is 1.13. The fourth-order valence-electron chi connectivity index (χ4n) is 3.81. The molecule has 1 fully saturated rings. The van der Waals surface area contributed by atoms with E-state index in [1.807, 2.05) is 0 Å². The monoisotopic (exact) mass is 371 g/mol. The van der Waals surface area contributed by atoms with Crippen molar-refractivity contribution in [3.05, 3.63) is 34.9 Å². The highest BCUT2D eigenvalue weighted by atomic mass is 19.4. The molecule has 0 aromatic heterocycles. The molecule has 0 saturated carbocycles. The van der Waals surface area contributed by atoms with Gasteiger partial charge in [-0.3, -0.25) is 4.79 Å². The van der Waals surface area contributed by atoms with E-state index < -0.39 is 23.5 Å². The lowest BCUT2D eigenvalue weighted by Crippen LogP contribution is -2.53. The Morgan fingerprint density at radius 1 is 1.27 bits per heavy atom. The van der Waals surface area contributed by atoms with Crippen LogP contribution in [0, 0.1) is 0 Å². The van der Waals surface area contributed by atoms with Crippen LogP contribution in [0.15, 0.2) is 18.2 Å². The summed E-state index contributed by atoms with van der Waals surface area (Å²) >= 11 is 0. The second-order valence-electron chi connectivity index (χ2n) is 6.64. The van der Waals surface area contributed by atoms with Crippen molar-refractivity contribution in [1.29, 1.82) is 0 Å². The van der Waals surface area contributed by atoms with Gasteiger partial charge in [-0.15, -0.1) is 0 Å². The van der Waals surface area contributed by atoms with Crippen molar-refractivity contribution in [3.63, 3.8) is 0 Å². The van der Waals surface area contributed by atoms with E-state index >= 15 is 0 Å². The molecule has 1 spiro atoms. The molecule has 142 valence electrons. The zero-order valence-corrected chi connectivity index (χ0v) is 14.4. The molecule has 0 atom stereocenters. The molecule has 1 saturated heterocycles. The first-order valence-corrected chi connectivity index (χ1v) is 8.51. The first-order chi connectivity index (χ1) is 12.3. The van der Waals surface area contributed by atoms with Crippen molar-refractivity contribution >= 4 is 11.9 Å². The van der Waals surface area contributed by atoms with Gasteiger partial charge in [0.05, 0.1) is 12.2 Å². The maximum Gasteiger partial charge on any atom is 0.471 e. The summed E-state index contributed by atoms with van der Waals surface area (Å²) in [6, 6.07) is 4.96. The Bertz CT molecular complexity index is 711. The molecule has 2 aliphatic heterocycles. The van der Waals surface area contributed by atoms with Crippen LogP contribution in [0.25, 0.3) is 0 Å². The van der Waals surface area contributed by atoms with E-state index in [9.17, 15) is 22.8 Å². The molecule has 1 aromatic carbocycles. The zero-order chi connectivity index (χ0) is 18.9. The number of carbonyl (C=O) groups excluding carboxylic acids is 2. The summed E-state index contributed by atoms with van der Waals surface area (Å²) in [5.74, 6) is -2.38. The lowest BCUT2D eigenvalue weighted by atomic mass is 9.69. The number of amides is 1. The summed E-state index contributed by atoms with van der Waals surface area (Å²) in [6.45, 7) is 2.55. The normalized spacial score (nSPS) is 19.2. The predicted octanol–water partition coefficient (Wildman–Crippen LogP) is 2.82. The molecule has 0 aliphatic carbocycles. The summed E-state index contributed by atoms with van der Waals surface area (Å²) in [6.07, 6.45) is -3.87. The molecule has 5 nitrogen and oxygen atoms in total. The van der Waals surface area contributed by atoms with Crippen molar-refractivity contribution in [1.82, 2.24) is 4.90 Å². The second kappa shape index (κ2) is 6.90. The first kappa shape index (κ1) is 18.7. The van der Waals surface area contributed by atoms with Gasteiger partial charge in [-0.25, -0.2) is 4.79 Å². The van der Waals surface area contributed by atoms with Crippen molar-refractivity contribution in [3.8, 4) is 0 Å². The summed E-state index contributed by atoms with van der Waals surface area (Å²) in [4.78, 5) is 24.7. The minimum Gasteiger partial charge on any atom is -0.462 e. The number of esters is 1. The van der Waals surface area contributed by atoms with Crippen LogP contribution in [0.1, 0.15) is 41.3 Å². The fourth-order valence-corrected chi connectivity index (χ4v) is 3.81. The molecule has 2 heterocycles. The maximum absolute atomic E-state index is 13.0. The number of benzene rings is 1. The Labute approximate surface area is 149 Å². The molecule has 1 amide bonds. The van der Waals surface area contributed by atoms with Crippen LogP contribution in [-0.4, -0.2) is 49.3 Å². The van der Waals surface area contributed by atoms with Crippen LogP contribution in [0.2, 0.25) is 0 Å².